The molecular weight excluding hydrogens is 523 g/mol. The zero-order valence-corrected chi connectivity index (χ0v) is 23.6. The Kier molecular flexibility index (Phi) is 7.08. The number of aliphatic hydroxyl groups is 2. The first-order valence-electron chi connectivity index (χ1n) is 13.3. The molecule has 3 fully saturated rings. The van der Waals surface area contributed by atoms with Crippen molar-refractivity contribution in [2.45, 2.75) is 98.2 Å². The fourth-order valence-corrected chi connectivity index (χ4v) is 9.14. The zero-order chi connectivity index (χ0) is 24.3. The third kappa shape index (κ3) is 4.02. The Balaban J connectivity index is 1.67. The maximum absolute atomic E-state index is 12.8. The van der Waals surface area contributed by atoms with Crippen molar-refractivity contribution in [2.75, 3.05) is 0 Å². The summed E-state index contributed by atoms with van der Waals surface area (Å²) in [6.07, 6.45) is 13.1. The minimum Gasteiger partial charge on any atom is -0.393 e. The van der Waals surface area contributed by atoms with E-state index in [2.05, 4.69) is 59.8 Å². The Morgan fingerprint density at radius 2 is 1.76 bits per heavy atom. The third-order valence-electron chi connectivity index (χ3n) is 11.0. The molecule has 4 rings (SSSR count). The van der Waals surface area contributed by atoms with Crippen molar-refractivity contribution < 1.29 is 15.0 Å². The van der Waals surface area contributed by atoms with E-state index < -0.39 is 17.6 Å². The van der Waals surface area contributed by atoms with E-state index in [1.165, 1.54) is 24.8 Å². The van der Waals surface area contributed by atoms with Gasteiger partial charge >= 0.3 is 0 Å². The van der Waals surface area contributed by atoms with Gasteiger partial charge in [0.15, 0.2) is 0 Å². The molecule has 4 aliphatic rings. The Labute approximate surface area is 215 Å². The maximum atomic E-state index is 12.8. The molecule has 0 saturated heterocycles. The molecular formula is C29H45IO3. The van der Waals surface area contributed by atoms with Crippen LogP contribution in [0.1, 0.15) is 86.5 Å². The van der Waals surface area contributed by atoms with E-state index in [4.69, 9.17) is 0 Å². The minimum atomic E-state index is -1.13. The molecule has 0 aliphatic heterocycles. The molecule has 33 heavy (non-hydrogen) atoms. The standard InChI is InChI=1S/C29H45IO3/c1-17(2)18(3)7-8-19(4)22-9-10-23-21-15-25(26(30)32)29(33)16-20(31)11-14-28(29,6)24(21)12-13-27(22,23)5/h7-8,15,17-20,22-25,31,33H,9-14,16H2,1-6H3/b8-7-/t18-,19+,20-,22+,23?,24?,25-,27+,28+,29-/m0/s1. The van der Waals surface area contributed by atoms with Crippen LogP contribution >= 0.6 is 22.6 Å². The summed E-state index contributed by atoms with van der Waals surface area (Å²) in [7, 11) is 0. The molecule has 3 saturated carbocycles. The molecule has 2 unspecified atom stereocenters. The van der Waals surface area contributed by atoms with Crippen LogP contribution in [0.2, 0.25) is 0 Å². The molecule has 0 radical (unpaired) electrons. The number of carbonyl (C=O) groups is 1. The Hall–Kier alpha value is -0.200. The van der Waals surface area contributed by atoms with Crippen LogP contribution in [0.25, 0.3) is 0 Å². The van der Waals surface area contributed by atoms with Gasteiger partial charge in [-0.25, -0.2) is 0 Å². The van der Waals surface area contributed by atoms with E-state index in [1.54, 1.807) is 0 Å². The lowest BCUT2D eigenvalue weighted by atomic mass is 9.44. The summed E-state index contributed by atoms with van der Waals surface area (Å²) in [5.74, 6) is 2.81. The number of hydrogen-bond acceptors (Lipinski definition) is 3. The van der Waals surface area contributed by atoms with Gasteiger partial charge in [0.2, 0.25) is 3.79 Å². The predicted molar refractivity (Wildman–Crippen MR) is 143 cm³/mol. The molecule has 0 aromatic carbocycles. The SMILES string of the molecule is CC(C)[C@@H](C)/C=C\[C@@H](C)[C@H]1CCC2C3=C[C@@H](C(=O)I)[C@@]4(O)C[C@@H](O)CC[C@]4(C)C3CC[C@@]21C. The molecule has 0 bridgehead atoms. The fraction of sp³-hybridized carbons (Fsp3) is 0.828. The maximum Gasteiger partial charge on any atom is 0.202 e. The number of hydrogen-bond donors (Lipinski definition) is 2. The largest absolute Gasteiger partial charge is 0.393 e. The second-order valence-electron chi connectivity index (χ2n) is 12.9. The van der Waals surface area contributed by atoms with Gasteiger partial charge in [-0.3, -0.25) is 4.79 Å². The summed E-state index contributed by atoms with van der Waals surface area (Å²) in [5, 5.41) is 22.4. The van der Waals surface area contributed by atoms with Crippen LogP contribution in [0, 0.1) is 52.3 Å². The molecule has 0 amide bonds. The van der Waals surface area contributed by atoms with E-state index in [0.717, 1.165) is 19.3 Å². The zero-order valence-electron chi connectivity index (χ0n) is 21.5. The summed E-state index contributed by atoms with van der Waals surface area (Å²) >= 11 is 1.88. The normalized spacial score (nSPS) is 47.0. The number of halogens is 1. The van der Waals surface area contributed by atoms with Crippen molar-refractivity contribution in [2.24, 2.45) is 52.3 Å². The average molecular weight is 569 g/mol. The van der Waals surface area contributed by atoms with Crippen LogP contribution < -0.4 is 0 Å². The van der Waals surface area contributed by atoms with Crippen molar-refractivity contribution in [1.29, 1.82) is 0 Å². The highest BCUT2D eigenvalue weighted by Gasteiger charge is 2.65. The molecule has 186 valence electrons. The highest BCUT2D eigenvalue weighted by atomic mass is 127. The van der Waals surface area contributed by atoms with Crippen LogP contribution in [-0.4, -0.2) is 25.7 Å². The molecule has 10 atom stereocenters. The van der Waals surface area contributed by atoms with E-state index in [1.807, 2.05) is 22.6 Å². The summed E-state index contributed by atoms with van der Waals surface area (Å²) < 4.78 is 0.0159. The van der Waals surface area contributed by atoms with Crippen LogP contribution in [0.15, 0.2) is 23.8 Å². The van der Waals surface area contributed by atoms with Crippen LogP contribution in [0.3, 0.4) is 0 Å². The van der Waals surface area contributed by atoms with E-state index in [9.17, 15) is 15.0 Å². The quantitative estimate of drug-likeness (QED) is 0.220. The first kappa shape index (κ1) is 25.9. The molecule has 2 N–H and O–H groups in total. The number of aliphatic hydroxyl groups excluding tert-OH is 1. The molecule has 3 nitrogen and oxygen atoms in total. The van der Waals surface area contributed by atoms with Gasteiger partial charge in [0, 0.05) is 34.4 Å². The van der Waals surface area contributed by atoms with Crippen molar-refractivity contribution in [3.63, 3.8) is 0 Å². The molecule has 0 heterocycles. The summed E-state index contributed by atoms with van der Waals surface area (Å²) in [6.45, 7) is 14.0. The lowest BCUT2D eigenvalue weighted by Gasteiger charge is -2.62. The summed E-state index contributed by atoms with van der Waals surface area (Å²) in [6, 6.07) is 0. The Bertz CT molecular complexity index is 833. The van der Waals surface area contributed by atoms with E-state index >= 15 is 0 Å². The molecule has 0 aromatic heterocycles. The molecule has 0 aromatic rings. The molecule has 4 heteroatoms. The molecule has 4 aliphatic carbocycles. The smallest absolute Gasteiger partial charge is 0.202 e. The second kappa shape index (κ2) is 9.03. The summed E-state index contributed by atoms with van der Waals surface area (Å²) in [5.41, 5.74) is 0.258. The monoisotopic (exact) mass is 568 g/mol. The number of carbonyl (C=O) groups excluding carboxylic acids is 1. The second-order valence-corrected chi connectivity index (χ2v) is 13.9. The first-order valence-corrected chi connectivity index (χ1v) is 14.4. The Morgan fingerprint density at radius 1 is 1.06 bits per heavy atom. The predicted octanol–water partition coefficient (Wildman–Crippen LogP) is 6.71. The average Bonchev–Trinajstić information content (AvgIpc) is 3.09. The highest BCUT2D eigenvalue weighted by Crippen LogP contribution is 2.68. The lowest BCUT2D eigenvalue weighted by Crippen LogP contribution is -2.64. The van der Waals surface area contributed by atoms with Gasteiger partial charge < -0.3 is 10.2 Å². The lowest BCUT2D eigenvalue weighted by molar-refractivity contribution is -0.190. The van der Waals surface area contributed by atoms with Gasteiger partial charge in [0.05, 0.1) is 17.6 Å². The van der Waals surface area contributed by atoms with Crippen LogP contribution in [-0.2, 0) is 4.79 Å². The third-order valence-corrected chi connectivity index (χ3v) is 11.7. The summed E-state index contributed by atoms with van der Waals surface area (Å²) in [4.78, 5) is 12.8. The van der Waals surface area contributed by atoms with Gasteiger partial charge in [-0.15, -0.1) is 0 Å². The van der Waals surface area contributed by atoms with E-state index in [-0.39, 0.29) is 14.6 Å². The van der Waals surface area contributed by atoms with Crippen molar-refractivity contribution in [3.05, 3.63) is 23.8 Å². The van der Waals surface area contributed by atoms with Gasteiger partial charge in [-0.1, -0.05) is 65.3 Å². The van der Waals surface area contributed by atoms with Crippen molar-refractivity contribution in [1.82, 2.24) is 0 Å². The minimum absolute atomic E-state index is 0.0159. The Morgan fingerprint density at radius 3 is 2.39 bits per heavy atom. The van der Waals surface area contributed by atoms with Gasteiger partial charge in [-0.2, -0.15) is 0 Å². The topological polar surface area (TPSA) is 57.5 Å². The number of allylic oxidation sites excluding steroid dienone is 3. The van der Waals surface area contributed by atoms with Crippen LogP contribution in [0.4, 0.5) is 0 Å². The van der Waals surface area contributed by atoms with Gasteiger partial charge in [0.25, 0.3) is 0 Å². The van der Waals surface area contributed by atoms with E-state index in [0.29, 0.717) is 41.9 Å². The fourth-order valence-electron chi connectivity index (χ4n) is 8.44. The van der Waals surface area contributed by atoms with Gasteiger partial charge in [-0.05, 0) is 79.4 Å². The first-order chi connectivity index (χ1) is 15.3. The highest BCUT2D eigenvalue weighted by molar-refractivity contribution is 14.1. The van der Waals surface area contributed by atoms with Crippen molar-refractivity contribution in [3.8, 4) is 0 Å². The number of rotatable bonds is 5. The number of fused-ring (bicyclic) bond motifs is 5. The van der Waals surface area contributed by atoms with Gasteiger partial charge in [0.1, 0.15) is 0 Å². The van der Waals surface area contributed by atoms with Crippen molar-refractivity contribution >= 4 is 26.4 Å². The molecule has 0 spiro atoms. The van der Waals surface area contributed by atoms with Crippen LogP contribution in [0.5, 0.6) is 0 Å².